The molecule has 0 amide bonds. The minimum absolute atomic E-state index is 0.327. The van der Waals surface area contributed by atoms with Crippen molar-refractivity contribution in [1.82, 2.24) is 0 Å². The van der Waals surface area contributed by atoms with Crippen molar-refractivity contribution in [2.75, 3.05) is 6.61 Å². The van der Waals surface area contributed by atoms with Crippen molar-refractivity contribution in [3.8, 4) is 5.75 Å². The summed E-state index contributed by atoms with van der Waals surface area (Å²) in [5.74, 6) is -0.680. The molecule has 1 heterocycles. The number of carbonyl (C=O) groups is 1. The van der Waals surface area contributed by atoms with Gasteiger partial charge in [-0.25, -0.2) is 9.59 Å². The number of fused-ring (bicyclic) bond motifs is 1. The molecule has 5 heteroatoms. The summed E-state index contributed by atoms with van der Waals surface area (Å²) in [5, 5.41) is 9.42. The third kappa shape index (κ3) is 3.17. The van der Waals surface area contributed by atoms with E-state index < -0.39 is 11.6 Å². The zero-order chi connectivity index (χ0) is 14.5. The number of hydrogen-bond acceptors (Lipinski definition) is 4. The quantitative estimate of drug-likeness (QED) is 0.648. The van der Waals surface area contributed by atoms with Crippen molar-refractivity contribution in [1.29, 1.82) is 0 Å². The molecule has 1 aromatic heterocycles. The number of unbranched alkanes of at least 4 members (excludes halogenated alkanes) is 2. The average Bonchev–Trinajstić information content (AvgIpc) is 2.42. The van der Waals surface area contributed by atoms with Gasteiger partial charge in [-0.3, -0.25) is 0 Å². The van der Waals surface area contributed by atoms with Crippen molar-refractivity contribution in [2.24, 2.45) is 0 Å². The third-order valence-corrected chi connectivity index (χ3v) is 2.95. The van der Waals surface area contributed by atoms with E-state index in [9.17, 15) is 9.59 Å². The standard InChI is InChI=1S/C15H16O5/c1-2-3-4-7-19-11-6-5-10-8-12(14(16)17)15(18)20-13(10)9-11/h5-6,8-9H,2-4,7H2,1H3,(H,16,17). The van der Waals surface area contributed by atoms with Crippen molar-refractivity contribution in [3.63, 3.8) is 0 Å². The number of carboxylic acid groups (broad SMARTS) is 1. The van der Waals surface area contributed by atoms with Crippen molar-refractivity contribution >= 4 is 16.9 Å². The number of rotatable bonds is 6. The Balaban J connectivity index is 2.24. The van der Waals surface area contributed by atoms with Crippen LogP contribution in [0.4, 0.5) is 0 Å². The normalized spacial score (nSPS) is 10.7. The second kappa shape index (κ2) is 6.23. The van der Waals surface area contributed by atoms with Gasteiger partial charge in [0, 0.05) is 11.5 Å². The lowest BCUT2D eigenvalue weighted by Crippen LogP contribution is -2.12. The highest BCUT2D eigenvalue weighted by Gasteiger charge is 2.12. The molecule has 0 aliphatic rings. The Hall–Kier alpha value is -2.30. The number of carboxylic acids is 1. The Morgan fingerprint density at radius 3 is 2.80 bits per heavy atom. The van der Waals surface area contributed by atoms with Crippen LogP contribution in [0.2, 0.25) is 0 Å². The van der Waals surface area contributed by atoms with Crippen LogP contribution in [0.15, 0.2) is 33.5 Å². The van der Waals surface area contributed by atoms with Gasteiger partial charge in [-0.1, -0.05) is 19.8 Å². The zero-order valence-corrected chi connectivity index (χ0v) is 11.2. The Morgan fingerprint density at radius 1 is 1.30 bits per heavy atom. The van der Waals surface area contributed by atoms with Gasteiger partial charge in [0.15, 0.2) is 0 Å². The topological polar surface area (TPSA) is 76.7 Å². The van der Waals surface area contributed by atoms with Crippen molar-refractivity contribution in [3.05, 3.63) is 40.2 Å². The first-order valence-corrected chi connectivity index (χ1v) is 6.56. The first-order chi connectivity index (χ1) is 9.61. The minimum atomic E-state index is -1.29. The van der Waals surface area contributed by atoms with E-state index in [-0.39, 0.29) is 5.56 Å². The summed E-state index contributed by atoms with van der Waals surface area (Å²) in [7, 11) is 0. The molecule has 2 aromatic rings. The summed E-state index contributed by atoms with van der Waals surface area (Å²) in [4.78, 5) is 22.3. The fourth-order valence-corrected chi connectivity index (χ4v) is 1.87. The average molecular weight is 276 g/mol. The van der Waals surface area contributed by atoms with E-state index in [2.05, 4.69) is 6.92 Å². The van der Waals surface area contributed by atoms with Gasteiger partial charge in [0.2, 0.25) is 0 Å². The third-order valence-electron chi connectivity index (χ3n) is 2.95. The summed E-state index contributed by atoms with van der Waals surface area (Å²) in [6.07, 6.45) is 3.19. The molecule has 0 spiro atoms. The molecule has 0 bridgehead atoms. The molecule has 0 radical (unpaired) electrons. The number of aromatic carboxylic acids is 1. The van der Waals surface area contributed by atoms with Gasteiger partial charge in [0.05, 0.1) is 6.61 Å². The van der Waals surface area contributed by atoms with E-state index >= 15 is 0 Å². The fourth-order valence-electron chi connectivity index (χ4n) is 1.87. The first-order valence-electron chi connectivity index (χ1n) is 6.56. The maximum atomic E-state index is 11.5. The molecule has 20 heavy (non-hydrogen) atoms. The SMILES string of the molecule is CCCCCOc1ccc2cc(C(=O)O)c(=O)oc2c1. The van der Waals surface area contributed by atoms with E-state index in [4.69, 9.17) is 14.3 Å². The van der Waals surface area contributed by atoms with Gasteiger partial charge >= 0.3 is 11.6 Å². The summed E-state index contributed by atoms with van der Waals surface area (Å²) in [5.41, 5.74) is -0.893. The summed E-state index contributed by atoms with van der Waals surface area (Å²) in [6, 6.07) is 6.33. The molecule has 0 atom stereocenters. The van der Waals surface area contributed by atoms with Crippen LogP contribution in [0, 0.1) is 0 Å². The van der Waals surface area contributed by atoms with Gasteiger partial charge in [0.25, 0.3) is 0 Å². The second-order valence-electron chi connectivity index (χ2n) is 4.51. The predicted molar refractivity (Wildman–Crippen MR) is 74.5 cm³/mol. The van der Waals surface area contributed by atoms with Crippen LogP contribution in [0.5, 0.6) is 5.75 Å². The van der Waals surface area contributed by atoms with Crippen molar-refractivity contribution < 1.29 is 19.1 Å². The molecular formula is C15H16O5. The van der Waals surface area contributed by atoms with Crippen LogP contribution in [0.3, 0.4) is 0 Å². The molecule has 1 N–H and O–H groups in total. The Kier molecular flexibility index (Phi) is 4.40. The Labute approximate surface area is 115 Å². The summed E-state index contributed by atoms with van der Waals surface area (Å²) >= 11 is 0. The summed E-state index contributed by atoms with van der Waals surface area (Å²) < 4.78 is 10.6. The van der Waals surface area contributed by atoms with Crippen molar-refractivity contribution in [2.45, 2.75) is 26.2 Å². The molecule has 2 rings (SSSR count). The highest BCUT2D eigenvalue weighted by atomic mass is 16.5. The molecule has 106 valence electrons. The lowest BCUT2D eigenvalue weighted by Gasteiger charge is -2.06. The lowest BCUT2D eigenvalue weighted by molar-refractivity contribution is 0.0692. The van der Waals surface area contributed by atoms with Crippen LogP contribution in [-0.2, 0) is 0 Å². The molecule has 0 unspecified atom stereocenters. The van der Waals surface area contributed by atoms with Gasteiger partial charge in [-0.05, 0) is 24.6 Å². The molecule has 0 saturated heterocycles. The molecule has 0 aliphatic carbocycles. The van der Waals surface area contributed by atoms with Gasteiger partial charge < -0.3 is 14.3 Å². The van der Waals surface area contributed by atoms with Crippen LogP contribution in [0.25, 0.3) is 11.0 Å². The summed E-state index contributed by atoms with van der Waals surface area (Å²) in [6.45, 7) is 2.72. The molecular weight excluding hydrogens is 260 g/mol. The maximum Gasteiger partial charge on any atom is 0.351 e. The van der Waals surface area contributed by atoms with Gasteiger partial charge in [-0.15, -0.1) is 0 Å². The van der Waals surface area contributed by atoms with E-state index in [1.165, 1.54) is 6.07 Å². The van der Waals surface area contributed by atoms with Crippen LogP contribution in [-0.4, -0.2) is 17.7 Å². The Morgan fingerprint density at radius 2 is 2.10 bits per heavy atom. The fraction of sp³-hybridized carbons (Fsp3) is 0.333. The van der Waals surface area contributed by atoms with E-state index in [1.54, 1.807) is 18.2 Å². The van der Waals surface area contributed by atoms with Crippen LogP contribution < -0.4 is 10.4 Å². The lowest BCUT2D eigenvalue weighted by atomic mass is 10.2. The molecule has 0 saturated carbocycles. The molecule has 1 aromatic carbocycles. The number of benzene rings is 1. The predicted octanol–water partition coefficient (Wildman–Crippen LogP) is 3.06. The van der Waals surface area contributed by atoms with E-state index in [0.29, 0.717) is 23.3 Å². The number of ether oxygens (including phenoxy) is 1. The van der Waals surface area contributed by atoms with E-state index in [0.717, 1.165) is 19.3 Å². The highest BCUT2D eigenvalue weighted by Crippen LogP contribution is 2.20. The first kappa shape index (κ1) is 14.1. The van der Waals surface area contributed by atoms with Gasteiger partial charge in [-0.2, -0.15) is 0 Å². The smallest absolute Gasteiger partial charge is 0.351 e. The largest absolute Gasteiger partial charge is 0.493 e. The maximum absolute atomic E-state index is 11.5. The second-order valence-corrected chi connectivity index (χ2v) is 4.51. The highest BCUT2D eigenvalue weighted by molar-refractivity contribution is 5.91. The monoisotopic (exact) mass is 276 g/mol. The molecule has 5 nitrogen and oxygen atoms in total. The molecule has 0 aliphatic heterocycles. The van der Waals surface area contributed by atoms with Crippen LogP contribution >= 0.6 is 0 Å². The Bertz CT molecular complexity index is 672. The van der Waals surface area contributed by atoms with Gasteiger partial charge in [0.1, 0.15) is 16.9 Å². The number of hydrogen-bond donors (Lipinski definition) is 1. The van der Waals surface area contributed by atoms with E-state index in [1.807, 2.05) is 0 Å². The van der Waals surface area contributed by atoms with Crippen LogP contribution in [0.1, 0.15) is 36.5 Å². The molecule has 0 fully saturated rings. The minimum Gasteiger partial charge on any atom is -0.493 e. The zero-order valence-electron chi connectivity index (χ0n) is 11.2.